The average molecular weight is 308 g/mol. The maximum atomic E-state index is 11.4. The van der Waals surface area contributed by atoms with E-state index in [0.29, 0.717) is 18.0 Å². The predicted octanol–water partition coefficient (Wildman–Crippen LogP) is 2.67. The number of piperidine rings is 1. The van der Waals surface area contributed by atoms with Gasteiger partial charge in [-0.05, 0) is 31.5 Å². The van der Waals surface area contributed by atoms with Crippen LogP contribution >= 0.6 is 11.6 Å². The topological polar surface area (TPSA) is 58.4 Å². The predicted molar refractivity (Wildman–Crippen MR) is 81.4 cm³/mol. The molecule has 0 bridgehead atoms. The minimum absolute atomic E-state index is 0.418. The molecule has 1 atom stereocenters. The highest BCUT2D eigenvalue weighted by Gasteiger charge is 2.29. The molecule has 1 aliphatic rings. The average Bonchev–Trinajstić information content (AvgIpc) is 2.77. The molecular formula is C15H18ClN3O2. The van der Waals surface area contributed by atoms with Gasteiger partial charge < -0.3 is 5.11 Å². The Balaban J connectivity index is 1.96. The number of halogens is 1. The molecule has 1 aromatic heterocycles. The molecule has 2 aromatic rings. The summed E-state index contributed by atoms with van der Waals surface area (Å²) in [6.45, 7) is 1.32. The van der Waals surface area contributed by atoms with Crippen LogP contribution in [0.3, 0.4) is 0 Å². The van der Waals surface area contributed by atoms with Crippen LogP contribution in [0.2, 0.25) is 5.02 Å². The summed E-state index contributed by atoms with van der Waals surface area (Å²) in [6.07, 6.45) is 2.70. The first-order chi connectivity index (χ1) is 10.1. The van der Waals surface area contributed by atoms with Crippen molar-refractivity contribution in [2.45, 2.75) is 31.8 Å². The number of fused-ring (bicyclic) bond motifs is 1. The molecule has 0 spiro atoms. The number of carboxylic acids is 1. The van der Waals surface area contributed by atoms with Crippen LogP contribution in [-0.4, -0.2) is 38.3 Å². The van der Waals surface area contributed by atoms with E-state index >= 15 is 0 Å². The molecule has 21 heavy (non-hydrogen) atoms. The van der Waals surface area contributed by atoms with Crippen LogP contribution in [0.15, 0.2) is 18.2 Å². The minimum Gasteiger partial charge on any atom is -0.480 e. The second-order valence-electron chi connectivity index (χ2n) is 5.52. The largest absolute Gasteiger partial charge is 0.480 e. The molecule has 1 N–H and O–H groups in total. The van der Waals surface area contributed by atoms with Crippen molar-refractivity contribution in [2.24, 2.45) is 7.05 Å². The van der Waals surface area contributed by atoms with Crippen molar-refractivity contribution < 1.29 is 9.90 Å². The molecule has 112 valence electrons. The normalized spacial score (nSPS) is 20.0. The van der Waals surface area contributed by atoms with E-state index < -0.39 is 12.0 Å². The third-order valence-electron chi connectivity index (χ3n) is 4.15. The fraction of sp³-hybridized carbons (Fsp3) is 0.467. The first-order valence-corrected chi connectivity index (χ1v) is 7.52. The van der Waals surface area contributed by atoms with Crippen molar-refractivity contribution in [2.75, 3.05) is 6.54 Å². The maximum Gasteiger partial charge on any atom is 0.320 e. The summed E-state index contributed by atoms with van der Waals surface area (Å²) >= 11 is 6.30. The van der Waals surface area contributed by atoms with Gasteiger partial charge in [-0.3, -0.25) is 14.4 Å². The van der Waals surface area contributed by atoms with Crippen LogP contribution in [0.5, 0.6) is 0 Å². The molecule has 1 saturated heterocycles. The number of carbonyl (C=O) groups is 1. The van der Waals surface area contributed by atoms with Gasteiger partial charge in [-0.15, -0.1) is 0 Å². The van der Waals surface area contributed by atoms with Crippen LogP contribution in [0.1, 0.15) is 25.0 Å². The molecule has 3 rings (SSSR count). The summed E-state index contributed by atoms with van der Waals surface area (Å²) in [5.41, 5.74) is 1.83. The number of rotatable bonds is 3. The summed E-state index contributed by atoms with van der Waals surface area (Å²) in [7, 11) is 1.88. The zero-order chi connectivity index (χ0) is 15.0. The first-order valence-electron chi connectivity index (χ1n) is 7.15. The second-order valence-corrected chi connectivity index (χ2v) is 5.93. The van der Waals surface area contributed by atoms with E-state index in [1.807, 2.05) is 30.1 Å². The smallest absolute Gasteiger partial charge is 0.320 e. The monoisotopic (exact) mass is 307 g/mol. The van der Waals surface area contributed by atoms with Gasteiger partial charge in [0.05, 0.1) is 16.2 Å². The van der Waals surface area contributed by atoms with Gasteiger partial charge in [0.2, 0.25) is 0 Å². The molecule has 1 fully saturated rings. The van der Waals surface area contributed by atoms with Gasteiger partial charge in [-0.1, -0.05) is 24.1 Å². The Morgan fingerprint density at radius 3 is 3.05 bits per heavy atom. The number of aryl methyl sites for hydroxylation is 1. The third kappa shape index (κ3) is 2.63. The molecule has 0 aliphatic carbocycles. The molecule has 2 heterocycles. The number of aliphatic carboxylic acids is 1. The van der Waals surface area contributed by atoms with Gasteiger partial charge in [-0.25, -0.2) is 0 Å². The summed E-state index contributed by atoms with van der Waals surface area (Å²) in [5, 5.41) is 15.5. The van der Waals surface area contributed by atoms with Gasteiger partial charge in [0.1, 0.15) is 6.04 Å². The van der Waals surface area contributed by atoms with E-state index in [2.05, 4.69) is 5.10 Å². The van der Waals surface area contributed by atoms with Crippen molar-refractivity contribution in [3.05, 3.63) is 28.9 Å². The van der Waals surface area contributed by atoms with Crippen molar-refractivity contribution in [1.82, 2.24) is 14.7 Å². The first kappa shape index (κ1) is 14.4. The second kappa shape index (κ2) is 5.66. The number of hydrogen-bond acceptors (Lipinski definition) is 3. The van der Waals surface area contributed by atoms with Crippen LogP contribution in [0, 0.1) is 0 Å². The highest BCUT2D eigenvalue weighted by Crippen LogP contribution is 2.28. The number of aromatic nitrogens is 2. The molecule has 0 amide bonds. The molecule has 6 heteroatoms. The van der Waals surface area contributed by atoms with Gasteiger partial charge in [-0.2, -0.15) is 5.10 Å². The summed E-state index contributed by atoms with van der Waals surface area (Å²) < 4.78 is 1.80. The highest BCUT2D eigenvalue weighted by atomic mass is 35.5. The number of nitrogens with zero attached hydrogens (tertiary/aromatic N) is 3. The van der Waals surface area contributed by atoms with Crippen molar-refractivity contribution in [3.8, 4) is 0 Å². The Kier molecular flexibility index (Phi) is 3.87. The molecule has 1 aromatic carbocycles. The number of likely N-dealkylation sites (tertiary alicyclic amines) is 1. The van der Waals surface area contributed by atoms with E-state index in [0.717, 1.165) is 36.0 Å². The molecular weight excluding hydrogens is 290 g/mol. The Bertz CT molecular complexity index is 683. The van der Waals surface area contributed by atoms with Crippen molar-refractivity contribution in [3.63, 3.8) is 0 Å². The SMILES string of the molecule is Cn1nc(CN2CCCC[C@@H]2C(=O)O)c2c(Cl)cccc21. The fourth-order valence-electron chi connectivity index (χ4n) is 3.12. The third-order valence-corrected chi connectivity index (χ3v) is 4.47. The summed E-state index contributed by atoms with van der Waals surface area (Å²) in [4.78, 5) is 13.4. The number of hydrogen-bond donors (Lipinski definition) is 1. The highest BCUT2D eigenvalue weighted by molar-refractivity contribution is 6.35. The van der Waals surface area contributed by atoms with E-state index in [1.165, 1.54) is 0 Å². The lowest BCUT2D eigenvalue weighted by Gasteiger charge is -2.32. The van der Waals surface area contributed by atoms with Crippen molar-refractivity contribution >= 4 is 28.5 Å². The zero-order valence-electron chi connectivity index (χ0n) is 11.9. The van der Waals surface area contributed by atoms with Gasteiger partial charge in [0.15, 0.2) is 0 Å². The van der Waals surface area contributed by atoms with Crippen LogP contribution in [0.25, 0.3) is 10.9 Å². The standard InChI is InChI=1S/C15H18ClN3O2/c1-18-12-7-4-5-10(16)14(12)11(17-18)9-19-8-3-2-6-13(19)15(20)21/h4-5,7,13H,2-3,6,8-9H2,1H3,(H,20,21)/t13-/m1/s1. The van der Waals surface area contributed by atoms with Crippen LogP contribution < -0.4 is 0 Å². The van der Waals surface area contributed by atoms with E-state index in [4.69, 9.17) is 11.6 Å². The summed E-state index contributed by atoms with van der Waals surface area (Å²) in [5.74, 6) is -0.749. The Morgan fingerprint density at radius 2 is 2.29 bits per heavy atom. The quantitative estimate of drug-likeness (QED) is 0.947. The molecule has 0 saturated carbocycles. The number of carboxylic acid groups (broad SMARTS) is 1. The van der Waals surface area contributed by atoms with Crippen LogP contribution in [0.4, 0.5) is 0 Å². The zero-order valence-corrected chi connectivity index (χ0v) is 12.7. The fourth-order valence-corrected chi connectivity index (χ4v) is 3.39. The Labute approximate surface area is 128 Å². The molecule has 0 radical (unpaired) electrons. The Morgan fingerprint density at radius 1 is 1.48 bits per heavy atom. The lowest BCUT2D eigenvalue weighted by atomic mass is 10.0. The lowest BCUT2D eigenvalue weighted by Crippen LogP contribution is -2.44. The van der Waals surface area contributed by atoms with Crippen molar-refractivity contribution in [1.29, 1.82) is 0 Å². The molecule has 5 nitrogen and oxygen atoms in total. The van der Waals surface area contributed by atoms with Crippen LogP contribution in [-0.2, 0) is 18.4 Å². The molecule has 0 unspecified atom stereocenters. The maximum absolute atomic E-state index is 11.4. The number of benzene rings is 1. The van der Waals surface area contributed by atoms with Gasteiger partial charge in [0.25, 0.3) is 0 Å². The van der Waals surface area contributed by atoms with E-state index in [9.17, 15) is 9.90 Å². The van der Waals surface area contributed by atoms with Gasteiger partial charge in [0, 0.05) is 19.0 Å². The Hall–Kier alpha value is -1.59. The van der Waals surface area contributed by atoms with E-state index in [1.54, 1.807) is 4.68 Å². The van der Waals surface area contributed by atoms with E-state index in [-0.39, 0.29) is 0 Å². The summed E-state index contributed by atoms with van der Waals surface area (Å²) in [6, 6.07) is 5.30. The lowest BCUT2D eigenvalue weighted by molar-refractivity contribution is -0.144. The molecule has 1 aliphatic heterocycles. The van der Waals surface area contributed by atoms with Gasteiger partial charge >= 0.3 is 5.97 Å². The minimum atomic E-state index is -0.749.